The minimum atomic E-state index is -0.885. The number of halogens is 1. The number of anilines is 1. The zero-order chi connectivity index (χ0) is 20.7. The van der Waals surface area contributed by atoms with Crippen molar-refractivity contribution in [2.75, 3.05) is 12.0 Å². The Balaban J connectivity index is 2.33. The maximum absolute atomic E-state index is 12.4. The minimum absolute atomic E-state index is 0.0387. The van der Waals surface area contributed by atoms with Crippen molar-refractivity contribution in [1.29, 1.82) is 5.26 Å². The zero-order valence-corrected chi connectivity index (χ0v) is 16.3. The third kappa shape index (κ3) is 4.94. The van der Waals surface area contributed by atoms with Crippen molar-refractivity contribution in [2.45, 2.75) is 19.4 Å². The van der Waals surface area contributed by atoms with E-state index in [2.05, 4.69) is 22.0 Å². The molecule has 0 saturated carbocycles. The Labute approximate surface area is 168 Å². The monoisotopic (exact) mass is 397 g/mol. The lowest BCUT2D eigenvalue weighted by atomic mass is 9.91. The number of nitrogens with two attached hydrogens (primary N) is 1. The van der Waals surface area contributed by atoms with Gasteiger partial charge in [0.15, 0.2) is 0 Å². The molecule has 0 aliphatic heterocycles. The van der Waals surface area contributed by atoms with Gasteiger partial charge < -0.3 is 10.1 Å². The molecule has 0 aliphatic carbocycles. The van der Waals surface area contributed by atoms with Crippen molar-refractivity contribution in [2.24, 2.45) is 10.7 Å². The molecule has 3 N–H and O–H groups in total. The molecule has 2 rings (SSSR count). The van der Waals surface area contributed by atoms with Gasteiger partial charge in [-0.05, 0) is 57.0 Å². The fraction of sp³-hybridized carbons (Fsp3) is 0.200. The molecular formula is C20H20ClN5O2. The van der Waals surface area contributed by atoms with E-state index in [9.17, 15) is 4.79 Å². The molecule has 0 saturated heterocycles. The summed E-state index contributed by atoms with van der Waals surface area (Å²) in [4.78, 5) is 20.6. The Morgan fingerprint density at radius 1 is 1.50 bits per heavy atom. The third-order valence-electron chi connectivity index (χ3n) is 4.02. The van der Waals surface area contributed by atoms with Gasteiger partial charge in [-0.3, -0.25) is 15.5 Å². The lowest BCUT2D eigenvalue weighted by molar-refractivity contribution is 0.102. The van der Waals surface area contributed by atoms with Crippen molar-refractivity contribution >= 4 is 29.9 Å². The molecule has 2 aromatic rings. The van der Waals surface area contributed by atoms with Crippen LogP contribution in [-0.2, 0) is 10.3 Å². The minimum Gasteiger partial charge on any atom is -0.483 e. The molecule has 0 fully saturated rings. The number of amides is 1. The number of allylic oxidation sites excluding steroid dienone is 1. The first-order valence-electron chi connectivity index (χ1n) is 8.30. The van der Waals surface area contributed by atoms with E-state index in [0.717, 1.165) is 0 Å². The fourth-order valence-electron chi connectivity index (χ4n) is 2.56. The van der Waals surface area contributed by atoms with Crippen LogP contribution in [0.3, 0.4) is 0 Å². The van der Waals surface area contributed by atoms with Gasteiger partial charge in [0, 0.05) is 22.5 Å². The summed E-state index contributed by atoms with van der Waals surface area (Å²) in [7, 11) is 0. The van der Waals surface area contributed by atoms with Crippen molar-refractivity contribution < 1.29 is 9.53 Å². The molecule has 1 aromatic heterocycles. The van der Waals surface area contributed by atoms with E-state index in [1.807, 2.05) is 13.0 Å². The molecule has 1 amide bonds. The molecule has 1 heterocycles. The molecule has 28 heavy (non-hydrogen) atoms. The third-order valence-corrected chi connectivity index (χ3v) is 4.35. The van der Waals surface area contributed by atoms with Gasteiger partial charge in [-0.1, -0.05) is 11.6 Å². The number of ether oxygens (including phenoxy) is 1. The number of aromatic nitrogens is 1. The molecular weight excluding hydrogens is 378 g/mol. The van der Waals surface area contributed by atoms with Crippen molar-refractivity contribution in [3.8, 4) is 6.07 Å². The first-order chi connectivity index (χ1) is 13.3. The van der Waals surface area contributed by atoms with Gasteiger partial charge in [0.05, 0.1) is 11.3 Å². The molecule has 8 heteroatoms. The van der Waals surface area contributed by atoms with Crippen LogP contribution in [0.5, 0.6) is 0 Å². The summed E-state index contributed by atoms with van der Waals surface area (Å²) in [5.41, 5.74) is 6.23. The van der Waals surface area contributed by atoms with E-state index in [4.69, 9.17) is 27.3 Å². The van der Waals surface area contributed by atoms with E-state index in [-0.39, 0.29) is 12.4 Å². The van der Waals surface area contributed by atoms with Crippen LogP contribution in [0.15, 0.2) is 53.4 Å². The smallest absolute Gasteiger partial charge is 0.274 e. The number of rotatable bonds is 7. The van der Waals surface area contributed by atoms with Crippen LogP contribution in [0.4, 0.5) is 5.69 Å². The van der Waals surface area contributed by atoms with Crippen LogP contribution in [0.1, 0.15) is 35.5 Å². The molecule has 0 unspecified atom stereocenters. The maximum Gasteiger partial charge on any atom is 0.274 e. The highest BCUT2D eigenvalue weighted by Gasteiger charge is 2.26. The SMILES string of the molecule is C=N[C@@](C)(/C=C(/C)OCN)c1cc(NC(=O)c2ccc(C#N)cn2)ccc1Cl. The summed E-state index contributed by atoms with van der Waals surface area (Å²) < 4.78 is 5.28. The average Bonchev–Trinajstić information content (AvgIpc) is 2.69. The predicted molar refractivity (Wildman–Crippen MR) is 109 cm³/mol. The quantitative estimate of drug-likeness (QED) is 0.421. The highest BCUT2D eigenvalue weighted by molar-refractivity contribution is 6.31. The van der Waals surface area contributed by atoms with E-state index in [1.54, 1.807) is 31.2 Å². The number of nitriles is 1. The normalized spacial score (nSPS) is 13.2. The molecule has 1 aromatic carbocycles. The van der Waals surface area contributed by atoms with Gasteiger partial charge >= 0.3 is 0 Å². The van der Waals surface area contributed by atoms with Gasteiger partial charge in [0.2, 0.25) is 0 Å². The second kappa shape index (κ2) is 9.13. The Kier molecular flexibility index (Phi) is 6.88. The summed E-state index contributed by atoms with van der Waals surface area (Å²) in [6, 6.07) is 10.0. The number of hydrogen-bond donors (Lipinski definition) is 2. The van der Waals surface area contributed by atoms with Crippen LogP contribution in [0.2, 0.25) is 5.02 Å². The van der Waals surface area contributed by atoms with E-state index >= 15 is 0 Å². The average molecular weight is 398 g/mol. The molecule has 7 nitrogen and oxygen atoms in total. The molecule has 1 atom stereocenters. The largest absolute Gasteiger partial charge is 0.483 e. The van der Waals surface area contributed by atoms with E-state index < -0.39 is 11.4 Å². The highest BCUT2D eigenvalue weighted by Crippen LogP contribution is 2.35. The van der Waals surface area contributed by atoms with Crippen molar-refractivity contribution in [1.82, 2.24) is 4.98 Å². The Morgan fingerprint density at radius 2 is 2.25 bits per heavy atom. The van der Waals surface area contributed by atoms with Crippen molar-refractivity contribution in [3.63, 3.8) is 0 Å². The molecule has 0 bridgehead atoms. The molecule has 144 valence electrons. The van der Waals surface area contributed by atoms with E-state index in [1.165, 1.54) is 18.3 Å². The second-order valence-electron chi connectivity index (χ2n) is 6.06. The summed E-state index contributed by atoms with van der Waals surface area (Å²) in [6.07, 6.45) is 3.09. The first-order valence-corrected chi connectivity index (χ1v) is 8.68. The van der Waals surface area contributed by atoms with Gasteiger partial charge in [0.1, 0.15) is 24.0 Å². The lowest BCUT2D eigenvalue weighted by Crippen LogP contribution is -2.19. The fourth-order valence-corrected chi connectivity index (χ4v) is 2.87. The number of carbonyl (C=O) groups is 1. The van der Waals surface area contributed by atoms with Crippen LogP contribution >= 0.6 is 11.6 Å². The van der Waals surface area contributed by atoms with Crippen molar-refractivity contribution in [3.05, 3.63) is 70.2 Å². The number of carbonyl (C=O) groups excluding carboxylic acids is 1. The highest BCUT2D eigenvalue weighted by atomic mass is 35.5. The van der Waals surface area contributed by atoms with Crippen LogP contribution in [0.25, 0.3) is 0 Å². The summed E-state index contributed by atoms with van der Waals surface area (Å²) in [5.74, 6) is 0.161. The predicted octanol–water partition coefficient (Wildman–Crippen LogP) is 3.61. The maximum atomic E-state index is 12.4. The standard InChI is InChI=1S/C20H20ClN5O2/c1-13(28-12-23)9-20(2,24-3)16-8-15(5-6-17(16)21)26-19(27)18-7-4-14(10-22)11-25-18/h4-9,11H,3,12,23H2,1-2H3,(H,26,27)/b13-9-/t20-/m0/s1. The lowest BCUT2D eigenvalue weighted by Gasteiger charge is -2.24. The van der Waals surface area contributed by atoms with Gasteiger partial charge in [-0.15, -0.1) is 0 Å². The topological polar surface area (TPSA) is 113 Å². The molecule has 0 aliphatic rings. The van der Waals surface area contributed by atoms with Gasteiger partial charge in [-0.2, -0.15) is 5.26 Å². The number of hydrogen-bond acceptors (Lipinski definition) is 6. The van der Waals surface area contributed by atoms with E-state index in [0.29, 0.717) is 27.6 Å². The number of nitrogens with zero attached hydrogens (tertiary/aromatic N) is 3. The van der Waals surface area contributed by atoms with Crippen LogP contribution in [0, 0.1) is 11.3 Å². The molecule has 0 spiro atoms. The summed E-state index contributed by atoms with van der Waals surface area (Å²) in [5, 5.41) is 12.0. The summed E-state index contributed by atoms with van der Waals surface area (Å²) in [6.45, 7) is 7.27. The van der Waals surface area contributed by atoms with Gasteiger partial charge in [-0.25, -0.2) is 4.98 Å². The molecule has 0 radical (unpaired) electrons. The number of benzene rings is 1. The first kappa shape index (κ1) is 21.1. The Hall–Kier alpha value is -3.21. The Bertz CT molecular complexity index is 950. The van der Waals surface area contributed by atoms with Crippen LogP contribution < -0.4 is 11.1 Å². The Morgan fingerprint density at radius 3 is 2.82 bits per heavy atom. The number of nitrogens with one attached hydrogen (secondary N) is 1. The summed E-state index contributed by atoms with van der Waals surface area (Å²) >= 11 is 6.37. The zero-order valence-electron chi connectivity index (χ0n) is 15.6. The second-order valence-corrected chi connectivity index (χ2v) is 6.47. The van der Waals surface area contributed by atoms with Crippen LogP contribution in [-0.4, -0.2) is 24.3 Å². The number of aliphatic imine (C=N–C) groups is 1. The number of pyridine rings is 1. The van der Waals surface area contributed by atoms with Gasteiger partial charge in [0.25, 0.3) is 5.91 Å².